The van der Waals surface area contributed by atoms with Crippen molar-refractivity contribution in [1.29, 1.82) is 0 Å². The number of ether oxygens (including phenoxy) is 1. The van der Waals surface area contributed by atoms with E-state index in [0.29, 0.717) is 5.75 Å². The maximum atomic E-state index is 12.0. The van der Waals surface area contributed by atoms with Gasteiger partial charge in [0, 0.05) is 18.5 Å². The van der Waals surface area contributed by atoms with E-state index in [1.807, 2.05) is 42.5 Å². The number of fused-ring (bicyclic) bond motifs is 1. The van der Waals surface area contributed by atoms with E-state index >= 15 is 0 Å². The smallest absolute Gasteiger partial charge is 0.410 e. The zero-order valence-corrected chi connectivity index (χ0v) is 10.1. The second kappa shape index (κ2) is 4.69. The number of amides is 1. The van der Waals surface area contributed by atoms with E-state index in [1.54, 1.807) is 4.90 Å². The van der Waals surface area contributed by atoms with Crippen molar-refractivity contribution in [3.8, 4) is 5.75 Å². The highest BCUT2D eigenvalue weighted by Crippen LogP contribution is 2.26. The monoisotopic (exact) mass is 241 g/mol. The summed E-state index contributed by atoms with van der Waals surface area (Å²) in [6.45, 7) is 1.62. The first-order valence-corrected chi connectivity index (χ1v) is 6.29. The van der Waals surface area contributed by atoms with Crippen molar-refractivity contribution < 1.29 is 9.53 Å². The molecule has 92 valence electrons. The number of nitrogens with zero attached hydrogens (tertiary/aromatic N) is 1. The van der Waals surface area contributed by atoms with E-state index in [-0.39, 0.29) is 6.09 Å². The summed E-state index contributed by atoms with van der Waals surface area (Å²) in [7, 11) is 0. The average Bonchev–Trinajstić information content (AvgIpc) is 2.93. The molecule has 0 N–H and O–H groups in total. The molecule has 0 aliphatic carbocycles. The minimum absolute atomic E-state index is 0.233. The van der Waals surface area contributed by atoms with Crippen LogP contribution >= 0.6 is 0 Å². The number of carbonyl (C=O) groups excluding carboxylic acids is 1. The topological polar surface area (TPSA) is 29.5 Å². The van der Waals surface area contributed by atoms with Crippen LogP contribution in [0.1, 0.15) is 12.8 Å². The molecule has 1 heterocycles. The highest BCUT2D eigenvalue weighted by molar-refractivity contribution is 5.90. The van der Waals surface area contributed by atoms with Gasteiger partial charge in [0.25, 0.3) is 0 Å². The molecule has 1 amide bonds. The van der Waals surface area contributed by atoms with Gasteiger partial charge in [-0.15, -0.1) is 0 Å². The number of likely N-dealkylation sites (tertiary alicyclic amines) is 1. The van der Waals surface area contributed by atoms with Gasteiger partial charge < -0.3 is 9.64 Å². The maximum Gasteiger partial charge on any atom is 0.415 e. The van der Waals surface area contributed by atoms with Crippen molar-refractivity contribution in [3.05, 3.63) is 42.5 Å². The third kappa shape index (κ3) is 2.04. The van der Waals surface area contributed by atoms with Gasteiger partial charge in [-0.3, -0.25) is 0 Å². The number of carbonyl (C=O) groups is 1. The third-order valence-electron chi connectivity index (χ3n) is 3.31. The molecule has 0 bridgehead atoms. The summed E-state index contributed by atoms with van der Waals surface area (Å²) < 4.78 is 5.50. The molecule has 3 heteroatoms. The Hall–Kier alpha value is -2.03. The molecular weight excluding hydrogens is 226 g/mol. The quantitative estimate of drug-likeness (QED) is 0.765. The lowest BCUT2D eigenvalue weighted by Crippen LogP contribution is -2.30. The summed E-state index contributed by atoms with van der Waals surface area (Å²) in [5.74, 6) is 0.644. The zero-order valence-electron chi connectivity index (χ0n) is 10.1. The van der Waals surface area contributed by atoms with Crippen molar-refractivity contribution in [1.82, 2.24) is 4.90 Å². The van der Waals surface area contributed by atoms with Gasteiger partial charge in [0.2, 0.25) is 0 Å². The first kappa shape index (κ1) is 11.1. The Bertz CT molecular complexity index is 568. The van der Waals surface area contributed by atoms with Crippen molar-refractivity contribution in [2.75, 3.05) is 13.1 Å². The summed E-state index contributed by atoms with van der Waals surface area (Å²) in [6.07, 6.45) is 1.92. The van der Waals surface area contributed by atoms with Gasteiger partial charge in [-0.2, -0.15) is 0 Å². The van der Waals surface area contributed by atoms with Crippen LogP contribution in [0.3, 0.4) is 0 Å². The fourth-order valence-corrected chi connectivity index (χ4v) is 2.34. The van der Waals surface area contributed by atoms with Gasteiger partial charge in [-0.25, -0.2) is 4.79 Å². The van der Waals surface area contributed by atoms with Crippen LogP contribution in [0.5, 0.6) is 5.75 Å². The average molecular weight is 241 g/mol. The van der Waals surface area contributed by atoms with Crippen LogP contribution in [-0.4, -0.2) is 24.1 Å². The minimum atomic E-state index is -0.233. The molecule has 2 aromatic carbocycles. The first-order valence-electron chi connectivity index (χ1n) is 6.29. The van der Waals surface area contributed by atoms with Crippen molar-refractivity contribution >= 4 is 16.9 Å². The Morgan fingerprint density at radius 2 is 1.72 bits per heavy atom. The van der Waals surface area contributed by atoms with Crippen LogP contribution in [0.15, 0.2) is 42.5 Å². The van der Waals surface area contributed by atoms with Gasteiger partial charge in [-0.1, -0.05) is 36.4 Å². The van der Waals surface area contributed by atoms with E-state index in [4.69, 9.17) is 4.74 Å². The van der Waals surface area contributed by atoms with Gasteiger partial charge in [0.05, 0.1) is 0 Å². The Kier molecular flexibility index (Phi) is 2.89. The molecule has 18 heavy (non-hydrogen) atoms. The van der Waals surface area contributed by atoms with E-state index < -0.39 is 0 Å². The van der Waals surface area contributed by atoms with Crippen molar-refractivity contribution in [2.24, 2.45) is 0 Å². The maximum absolute atomic E-state index is 12.0. The van der Waals surface area contributed by atoms with E-state index in [2.05, 4.69) is 0 Å². The predicted octanol–water partition coefficient (Wildman–Crippen LogP) is 3.43. The molecule has 1 fully saturated rings. The number of rotatable bonds is 1. The van der Waals surface area contributed by atoms with Crippen LogP contribution in [0, 0.1) is 0 Å². The minimum Gasteiger partial charge on any atom is -0.410 e. The second-order valence-corrected chi connectivity index (χ2v) is 4.54. The molecule has 0 spiro atoms. The lowest BCUT2D eigenvalue weighted by atomic mass is 10.1. The van der Waals surface area contributed by atoms with Crippen molar-refractivity contribution in [2.45, 2.75) is 12.8 Å². The Balaban J connectivity index is 1.88. The lowest BCUT2D eigenvalue weighted by molar-refractivity contribution is 0.163. The van der Waals surface area contributed by atoms with E-state index in [9.17, 15) is 4.79 Å². The fraction of sp³-hybridized carbons (Fsp3) is 0.267. The van der Waals surface area contributed by atoms with Crippen molar-refractivity contribution in [3.63, 3.8) is 0 Å². The van der Waals surface area contributed by atoms with E-state index in [0.717, 1.165) is 36.7 Å². The predicted molar refractivity (Wildman–Crippen MR) is 70.8 cm³/mol. The molecular formula is C15H15NO2. The number of hydrogen-bond acceptors (Lipinski definition) is 2. The lowest BCUT2D eigenvalue weighted by Gasteiger charge is -2.15. The first-order chi connectivity index (χ1) is 8.84. The molecule has 0 atom stereocenters. The fourth-order valence-electron chi connectivity index (χ4n) is 2.34. The SMILES string of the molecule is O=C(Oc1cccc2ccccc12)N1CCCC1. The summed E-state index contributed by atoms with van der Waals surface area (Å²) in [5.41, 5.74) is 0. The standard InChI is InChI=1S/C15H15NO2/c17-15(16-10-3-4-11-16)18-14-9-5-7-12-6-1-2-8-13(12)14/h1-2,5-9H,3-4,10-11H2. The Labute approximate surface area is 106 Å². The molecule has 2 aromatic rings. The molecule has 1 saturated heterocycles. The van der Waals surface area contributed by atoms with Crippen LogP contribution < -0.4 is 4.74 Å². The van der Waals surface area contributed by atoms with Crippen LogP contribution in [0.4, 0.5) is 4.79 Å². The summed E-state index contributed by atoms with van der Waals surface area (Å²) in [5, 5.41) is 2.07. The van der Waals surface area contributed by atoms with Crippen LogP contribution in [-0.2, 0) is 0 Å². The number of benzene rings is 2. The van der Waals surface area contributed by atoms with Gasteiger partial charge in [-0.05, 0) is 24.3 Å². The van der Waals surface area contributed by atoms with Crippen LogP contribution in [0.2, 0.25) is 0 Å². The van der Waals surface area contributed by atoms with Crippen LogP contribution in [0.25, 0.3) is 10.8 Å². The molecule has 0 aromatic heterocycles. The zero-order chi connectivity index (χ0) is 12.4. The summed E-state index contributed by atoms with van der Waals surface area (Å²) in [4.78, 5) is 13.7. The van der Waals surface area contributed by atoms with Gasteiger partial charge in [0.1, 0.15) is 5.75 Å². The molecule has 0 radical (unpaired) electrons. The normalized spacial score (nSPS) is 15.0. The molecule has 3 nitrogen and oxygen atoms in total. The molecule has 1 aliphatic heterocycles. The molecule has 3 rings (SSSR count). The van der Waals surface area contributed by atoms with E-state index in [1.165, 1.54) is 0 Å². The summed E-state index contributed by atoms with van der Waals surface area (Å²) in [6, 6.07) is 13.7. The third-order valence-corrected chi connectivity index (χ3v) is 3.31. The van der Waals surface area contributed by atoms with Gasteiger partial charge in [0.15, 0.2) is 0 Å². The second-order valence-electron chi connectivity index (χ2n) is 4.54. The number of hydrogen-bond donors (Lipinski definition) is 0. The highest BCUT2D eigenvalue weighted by atomic mass is 16.6. The molecule has 0 unspecified atom stereocenters. The highest BCUT2D eigenvalue weighted by Gasteiger charge is 2.20. The Morgan fingerprint density at radius 3 is 2.56 bits per heavy atom. The Morgan fingerprint density at radius 1 is 1.00 bits per heavy atom. The summed E-state index contributed by atoms with van der Waals surface area (Å²) >= 11 is 0. The van der Waals surface area contributed by atoms with Gasteiger partial charge >= 0.3 is 6.09 Å². The largest absolute Gasteiger partial charge is 0.415 e. The molecule has 1 aliphatic rings. The molecule has 0 saturated carbocycles.